The van der Waals surface area contributed by atoms with Gasteiger partial charge in [-0.05, 0) is 34.8 Å². The minimum Gasteiger partial charge on any atom is -0.0847 e. The maximum Gasteiger partial charge on any atom is 0.0369 e. The lowest BCUT2D eigenvalue weighted by atomic mass is 9.80. The second-order valence-corrected chi connectivity index (χ2v) is 5.63. The van der Waals surface area contributed by atoms with Crippen molar-refractivity contribution in [3.63, 3.8) is 0 Å². The monoisotopic (exact) mass is 242 g/mol. The van der Waals surface area contributed by atoms with Gasteiger partial charge < -0.3 is 0 Å². The molecule has 0 radical (unpaired) electrons. The molecule has 0 aliphatic heterocycles. The Kier molecular flexibility index (Phi) is 2.31. The normalized spacial score (nSPS) is 20.8. The maximum absolute atomic E-state index is 6.10. The van der Waals surface area contributed by atoms with E-state index in [0.29, 0.717) is 0 Å². The fraction of sp³-hybridized carbons (Fsp3) is 0.250. The first kappa shape index (κ1) is 10.9. The van der Waals surface area contributed by atoms with Crippen molar-refractivity contribution in [3.8, 4) is 0 Å². The van der Waals surface area contributed by atoms with E-state index >= 15 is 0 Å². The van der Waals surface area contributed by atoms with Crippen molar-refractivity contribution < 1.29 is 0 Å². The van der Waals surface area contributed by atoms with Crippen LogP contribution >= 0.6 is 11.6 Å². The third-order valence-electron chi connectivity index (χ3n) is 3.88. The summed E-state index contributed by atoms with van der Waals surface area (Å²) in [5, 5.41) is 0.840. The van der Waals surface area contributed by atoms with Gasteiger partial charge in [-0.2, -0.15) is 0 Å². The van der Waals surface area contributed by atoms with Crippen molar-refractivity contribution in [1.82, 2.24) is 0 Å². The lowest BCUT2D eigenvalue weighted by Gasteiger charge is -2.24. The molecule has 1 aromatic carbocycles. The van der Waals surface area contributed by atoms with Crippen LogP contribution in [0.5, 0.6) is 0 Å². The summed E-state index contributed by atoms with van der Waals surface area (Å²) in [6, 6.07) is 8.68. The Morgan fingerprint density at radius 2 is 1.88 bits per heavy atom. The van der Waals surface area contributed by atoms with Crippen LogP contribution in [0.1, 0.15) is 31.4 Å². The van der Waals surface area contributed by atoms with Gasteiger partial charge >= 0.3 is 0 Å². The first-order chi connectivity index (χ1) is 8.10. The van der Waals surface area contributed by atoms with E-state index < -0.39 is 0 Å². The molecule has 1 aromatic rings. The number of benzene rings is 1. The molecule has 2 aliphatic carbocycles. The van der Waals surface area contributed by atoms with Crippen LogP contribution in [0.15, 0.2) is 53.1 Å². The van der Waals surface area contributed by atoms with E-state index in [2.05, 4.69) is 50.3 Å². The van der Waals surface area contributed by atoms with Gasteiger partial charge in [0.2, 0.25) is 0 Å². The molecule has 0 spiro atoms. The minimum absolute atomic E-state index is 0.119. The predicted octanol–water partition coefficient (Wildman–Crippen LogP) is 4.81. The molecule has 3 rings (SSSR count). The summed E-state index contributed by atoms with van der Waals surface area (Å²) >= 11 is 6.10. The SMILES string of the molecule is CC1(C)C2=C(C=CC(Cl)=CC2)c2ccccc21. The summed E-state index contributed by atoms with van der Waals surface area (Å²) in [4.78, 5) is 0. The van der Waals surface area contributed by atoms with Gasteiger partial charge in [0.15, 0.2) is 0 Å². The van der Waals surface area contributed by atoms with Gasteiger partial charge in [0.1, 0.15) is 0 Å². The average molecular weight is 243 g/mol. The van der Waals surface area contributed by atoms with Crippen molar-refractivity contribution in [3.05, 3.63) is 64.2 Å². The Balaban J connectivity index is 2.24. The molecule has 0 saturated carbocycles. The fourth-order valence-electron chi connectivity index (χ4n) is 2.91. The number of hydrogen-bond acceptors (Lipinski definition) is 0. The first-order valence-corrected chi connectivity index (χ1v) is 6.36. The summed E-state index contributed by atoms with van der Waals surface area (Å²) in [7, 11) is 0. The molecule has 0 bridgehead atoms. The predicted molar refractivity (Wildman–Crippen MR) is 74.1 cm³/mol. The van der Waals surface area contributed by atoms with Gasteiger partial charge in [-0.25, -0.2) is 0 Å². The number of fused-ring (bicyclic) bond motifs is 2. The molecule has 0 aromatic heterocycles. The summed E-state index contributed by atoms with van der Waals surface area (Å²) < 4.78 is 0. The summed E-state index contributed by atoms with van der Waals surface area (Å²) in [6.07, 6.45) is 7.22. The first-order valence-electron chi connectivity index (χ1n) is 5.98. The third kappa shape index (κ3) is 1.51. The van der Waals surface area contributed by atoms with Crippen molar-refractivity contribution in [2.24, 2.45) is 0 Å². The Morgan fingerprint density at radius 1 is 1.12 bits per heavy atom. The van der Waals surface area contributed by atoms with E-state index in [4.69, 9.17) is 11.6 Å². The molecule has 0 saturated heterocycles. The van der Waals surface area contributed by atoms with Gasteiger partial charge in [-0.1, -0.05) is 61.9 Å². The number of allylic oxidation sites excluding steroid dienone is 6. The zero-order valence-electron chi connectivity index (χ0n) is 10.1. The Labute approximate surface area is 107 Å². The van der Waals surface area contributed by atoms with Crippen LogP contribution in [0.3, 0.4) is 0 Å². The van der Waals surface area contributed by atoms with Crippen molar-refractivity contribution in [2.75, 3.05) is 0 Å². The van der Waals surface area contributed by atoms with E-state index in [9.17, 15) is 0 Å². The lowest BCUT2D eigenvalue weighted by Crippen LogP contribution is -2.16. The number of halogens is 1. The van der Waals surface area contributed by atoms with Gasteiger partial charge in [0.25, 0.3) is 0 Å². The van der Waals surface area contributed by atoms with Crippen LogP contribution in [0.25, 0.3) is 5.57 Å². The van der Waals surface area contributed by atoms with Crippen LogP contribution in [0.2, 0.25) is 0 Å². The second kappa shape index (κ2) is 3.61. The highest BCUT2D eigenvalue weighted by Gasteiger charge is 2.36. The molecular formula is C16H15Cl. The Morgan fingerprint density at radius 3 is 2.71 bits per heavy atom. The molecule has 86 valence electrons. The van der Waals surface area contributed by atoms with Crippen LogP contribution < -0.4 is 0 Å². The standard InChI is InChI=1S/C16H15Cl/c1-16(2)14-6-4-3-5-12(14)13-9-7-11(17)8-10-15(13)16/h3-9H,10H2,1-2H3. The maximum atomic E-state index is 6.10. The number of hydrogen-bond donors (Lipinski definition) is 0. The fourth-order valence-corrected chi connectivity index (χ4v) is 3.05. The number of rotatable bonds is 0. The molecular weight excluding hydrogens is 228 g/mol. The molecule has 0 N–H and O–H groups in total. The summed E-state index contributed by atoms with van der Waals surface area (Å²) in [5.41, 5.74) is 5.75. The van der Waals surface area contributed by atoms with Crippen LogP contribution in [-0.4, -0.2) is 0 Å². The van der Waals surface area contributed by atoms with E-state index in [-0.39, 0.29) is 5.41 Å². The van der Waals surface area contributed by atoms with Crippen LogP contribution in [0, 0.1) is 0 Å². The zero-order chi connectivity index (χ0) is 12.0. The molecule has 1 heteroatoms. The van der Waals surface area contributed by atoms with Crippen molar-refractivity contribution in [2.45, 2.75) is 25.7 Å². The van der Waals surface area contributed by atoms with Crippen molar-refractivity contribution in [1.29, 1.82) is 0 Å². The molecule has 0 unspecified atom stereocenters. The minimum atomic E-state index is 0.119. The largest absolute Gasteiger partial charge is 0.0847 e. The molecule has 0 fully saturated rings. The molecule has 0 atom stereocenters. The van der Waals surface area contributed by atoms with E-state index in [1.807, 2.05) is 6.08 Å². The molecule has 2 aliphatic rings. The van der Waals surface area contributed by atoms with Crippen molar-refractivity contribution >= 4 is 17.2 Å². The topological polar surface area (TPSA) is 0 Å². The van der Waals surface area contributed by atoms with E-state index in [0.717, 1.165) is 11.5 Å². The Hall–Kier alpha value is -1.27. The van der Waals surface area contributed by atoms with Gasteiger partial charge in [-0.3, -0.25) is 0 Å². The quantitative estimate of drug-likeness (QED) is 0.612. The average Bonchev–Trinajstić information content (AvgIpc) is 2.45. The third-order valence-corrected chi connectivity index (χ3v) is 4.16. The molecule has 0 nitrogen and oxygen atoms in total. The van der Waals surface area contributed by atoms with E-state index in [1.54, 1.807) is 0 Å². The van der Waals surface area contributed by atoms with Gasteiger partial charge in [0, 0.05) is 10.4 Å². The highest BCUT2D eigenvalue weighted by Crippen LogP contribution is 2.49. The molecule has 0 heterocycles. The van der Waals surface area contributed by atoms with Crippen LogP contribution in [0.4, 0.5) is 0 Å². The highest BCUT2D eigenvalue weighted by molar-refractivity contribution is 6.31. The summed E-state index contributed by atoms with van der Waals surface area (Å²) in [5.74, 6) is 0. The lowest BCUT2D eigenvalue weighted by molar-refractivity contribution is 0.626. The summed E-state index contributed by atoms with van der Waals surface area (Å²) in [6.45, 7) is 4.60. The van der Waals surface area contributed by atoms with Crippen LogP contribution in [-0.2, 0) is 5.41 Å². The Bertz CT molecular complexity index is 571. The van der Waals surface area contributed by atoms with E-state index in [1.165, 1.54) is 22.3 Å². The van der Waals surface area contributed by atoms with Gasteiger partial charge in [-0.15, -0.1) is 0 Å². The smallest absolute Gasteiger partial charge is 0.0369 e. The second-order valence-electron chi connectivity index (χ2n) is 5.19. The molecule has 17 heavy (non-hydrogen) atoms. The van der Waals surface area contributed by atoms with Gasteiger partial charge in [0.05, 0.1) is 0 Å². The molecule has 0 amide bonds. The highest BCUT2D eigenvalue weighted by atomic mass is 35.5. The zero-order valence-corrected chi connectivity index (χ0v) is 10.9.